The van der Waals surface area contributed by atoms with Gasteiger partial charge in [-0.1, -0.05) is 56.0 Å². The maximum Gasteiger partial charge on any atom is 0.225 e. The summed E-state index contributed by atoms with van der Waals surface area (Å²) in [7, 11) is 0. The lowest BCUT2D eigenvalue weighted by Crippen LogP contribution is -2.25. The molecule has 2 aromatic carbocycles. The summed E-state index contributed by atoms with van der Waals surface area (Å²) in [4.78, 5) is 17.6. The average Bonchev–Trinajstić information content (AvgIpc) is 2.72. The molecule has 0 aliphatic heterocycles. The van der Waals surface area contributed by atoms with Gasteiger partial charge in [0.1, 0.15) is 17.9 Å². The number of fused-ring (bicyclic) bond motifs is 1. The van der Waals surface area contributed by atoms with Gasteiger partial charge in [0.25, 0.3) is 0 Å². The van der Waals surface area contributed by atoms with E-state index in [1.165, 1.54) is 4.90 Å². The predicted octanol–water partition coefficient (Wildman–Crippen LogP) is 4.48. The number of carbonyl (C=O) groups excluding carboxylic acids is 1. The number of para-hydroxylation sites is 1. The number of pyridine rings is 1. The Morgan fingerprint density at radius 1 is 1.10 bits per heavy atom. The van der Waals surface area contributed by atoms with Crippen molar-refractivity contribution < 1.29 is 9.53 Å². The van der Waals surface area contributed by atoms with E-state index in [1.807, 2.05) is 54.2 Å². The molecular formula is C24H24N2O2S. The molecule has 0 fully saturated rings. The van der Waals surface area contributed by atoms with Gasteiger partial charge in [-0.05, 0) is 29.8 Å². The van der Waals surface area contributed by atoms with Crippen molar-refractivity contribution in [2.45, 2.75) is 30.4 Å². The first kappa shape index (κ1) is 20.8. The van der Waals surface area contributed by atoms with E-state index >= 15 is 0 Å². The fraction of sp³-hybridized carbons (Fsp3) is 0.250. The van der Waals surface area contributed by atoms with Crippen LogP contribution in [0.2, 0.25) is 0 Å². The van der Waals surface area contributed by atoms with E-state index in [4.69, 9.17) is 4.74 Å². The van der Waals surface area contributed by atoms with Gasteiger partial charge in [-0.15, -0.1) is 11.8 Å². The molecule has 148 valence electrons. The normalized spacial score (nSPS) is 10.4. The summed E-state index contributed by atoms with van der Waals surface area (Å²) < 4.78 is 5.71. The summed E-state index contributed by atoms with van der Waals surface area (Å²) in [6, 6.07) is 17.8. The molecular weight excluding hydrogens is 380 g/mol. The molecule has 0 atom stereocenters. The van der Waals surface area contributed by atoms with Crippen molar-refractivity contribution in [2.24, 2.45) is 0 Å². The Hall–Kier alpha value is -2.97. The van der Waals surface area contributed by atoms with Gasteiger partial charge in [0.2, 0.25) is 5.91 Å². The molecule has 0 aliphatic rings. The van der Waals surface area contributed by atoms with Crippen LogP contribution in [0.1, 0.15) is 19.4 Å². The predicted molar refractivity (Wildman–Crippen MR) is 119 cm³/mol. The zero-order valence-electron chi connectivity index (χ0n) is 16.6. The van der Waals surface area contributed by atoms with Crippen molar-refractivity contribution in [3.05, 3.63) is 66.4 Å². The summed E-state index contributed by atoms with van der Waals surface area (Å²) in [6.45, 7) is 4.88. The molecule has 1 aromatic heterocycles. The SMILES string of the molecule is CC(C)Sc1ccc(CC(=O)NCC#CCOc2cccc3cccnc23)cc1. The second kappa shape index (κ2) is 10.5. The third kappa shape index (κ3) is 6.55. The van der Waals surface area contributed by atoms with Crippen LogP contribution in [0, 0.1) is 11.8 Å². The molecule has 1 heterocycles. The number of benzene rings is 2. The van der Waals surface area contributed by atoms with E-state index in [9.17, 15) is 4.79 Å². The number of amides is 1. The average molecular weight is 405 g/mol. The van der Waals surface area contributed by atoms with Gasteiger partial charge in [-0.3, -0.25) is 9.78 Å². The minimum atomic E-state index is -0.0391. The highest BCUT2D eigenvalue weighted by molar-refractivity contribution is 7.99. The smallest absolute Gasteiger partial charge is 0.225 e. The van der Waals surface area contributed by atoms with Gasteiger partial charge in [0.15, 0.2) is 0 Å². The van der Waals surface area contributed by atoms with E-state index in [0.29, 0.717) is 24.0 Å². The number of hydrogen-bond donors (Lipinski definition) is 1. The quantitative estimate of drug-likeness (QED) is 0.466. The molecule has 1 amide bonds. The Kier molecular flexibility index (Phi) is 7.54. The van der Waals surface area contributed by atoms with Crippen molar-refractivity contribution >= 4 is 28.6 Å². The molecule has 0 unspecified atom stereocenters. The highest BCUT2D eigenvalue weighted by Crippen LogP contribution is 2.23. The Labute approximate surface area is 176 Å². The van der Waals surface area contributed by atoms with Crippen molar-refractivity contribution in [3.8, 4) is 17.6 Å². The van der Waals surface area contributed by atoms with Crippen LogP contribution in [-0.4, -0.2) is 29.3 Å². The van der Waals surface area contributed by atoms with Gasteiger partial charge in [-0.2, -0.15) is 0 Å². The monoisotopic (exact) mass is 404 g/mol. The zero-order chi connectivity index (χ0) is 20.5. The van der Waals surface area contributed by atoms with Crippen molar-refractivity contribution in [2.75, 3.05) is 13.2 Å². The lowest BCUT2D eigenvalue weighted by Gasteiger charge is -2.06. The van der Waals surface area contributed by atoms with Crippen molar-refractivity contribution in [3.63, 3.8) is 0 Å². The number of nitrogens with one attached hydrogen (secondary N) is 1. The van der Waals surface area contributed by atoms with Crippen LogP contribution in [0.5, 0.6) is 5.75 Å². The molecule has 0 saturated carbocycles. The van der Waals surface area contributed by atoms with E-state index in [1.54, 1.807) is 6.20 Å². The van der Waals surface area contributed by atoms with Gasteiger partial charge in [-0.25, -0.2) is 0 Å². The van der Waals surface area contributed by atoms with Crippen LogP contribution in [0.3, 0.4) is 0 Å². The van der Waals surface area contributed by atoms with E-state index in [-0.39, 0.29) is 12.5 Å². The highest BCUT2D eigenvalue weighted by atomic mass is 32.2. The van der Waals surface area contributed by atoms with Crippen LogP contribution in [0.15, 0.2) is 65.7 Å². The van der Waals surface area contributed by atoms with Crippen molar-refractivity contribution in [1.82, 2.24) is 10.3 Å². The van der Waals surface area contributed by atoms with E-state index < -0.39 is 0 Å². The van der Waals surface area contributed by atoms with Crippen LogP contribution in [-0.2, 0) is 11.2 Å². The molecule has 0 bridgehead atoms. The van der Waals surface area contributed by atoms with E-state index in [0.717, 1.165) is 16.5 Å². The van der Waals surface area contributed by atoms with Gasteiger partial charge in [0, 0.05) is 21.7 Å². The maximum absolute atomic E-state index is 12.1. The highest BCUT2D eigenvalue weighted by Gasteiger charge is 2.04. The van der Waals surface area contributed by atoms with E-state index in [2.05, 4.69) is 48.1 Å². The molecule has 0 radical (unpaired) electrons. The number of hydrogen-bond acceptors (Lipinski definition) is 4. The molecule has 3 rings (SSSR count). The summed E-state index contributed by atoms with van der Waals surface area (Å²) in [5.74, 6) is 6.52. The third-order valence-corrected chi connectivity index (χ3v) is 5.07. The van der Waals surface area contributed by atoms with Crippen molar-refractivity contribution in [1.29, 1.82) is 0 Å². The first-order chi connectivity index (χ1) is 14.1. The Bertz CT molecular complexity index is 1010. The van der Waals surface area contributed by atoms with Gasteiger partial charge >= 0.3 is 0 Å². The lowest BCUT2D eigenvalue weighted by molar-refractivity contribution is -0.120. The number of thioether (sulfide) groups is 1. The topological polar surface area (TPSA) is 51.2 Å². The molecule has 5 heteroatoms. The number of rotatable bonds is 7. The molecule has 1 N–H and O–H groups in total. The maximum atomic E-state index is 12.1. The summed E-state index contributed by atoms with van der Waals surface area (Å²) in [6.07, 6.45) is 2.10. The number of nitrogens with zero attached hydrogens (tertiary/aromatic N) is 1. The zero-order valence-corrected chi connectivity index (χ0v) is 17.5. The third-order valence-electron chi connectivity index (χ3n) is 4.05. The molecule has 0 spiro atoms. The standard InChI is InChI=1S/C24H24N2O2S/c1-18(2)29-21-12-10-19(11-13-21)17-23(27)25-14-3-4-16-28-22-9-5-7-20-8-6-15-26-24(20)22/h5-13,15,18H,14,16-17H2,1-2H3,(H,25,27). The number of aromatic nitrogens is 1. The minimum Gasteiger partial charge on any atom is -0.479 e. The number of ether oxygens (including phenoxy) is 1. The first-order valence-corrected chi connectivity index (χ1v) is 10.4. The molecule has 29 heavy (non-hydrogen) atoms. The minimum absolute atomic E-state index is 0.0391. The van der Waals surface area contributed by atoms with Crippen LogP contribution in [0.25, 0.3) is 10.9 Å². The largest absolute Gasteiger partial charge is 0.479 e. The fourth-order valence-corrected chi connectivity index (χ4v) is 3.61. The molecule has 4 nitrogen and oxygen atoms in total. The van der Waals surface area contributed by atoms with Crippen LogP contribution >= 0.6 is 11.8 Å². The summed E-state index contributed by atoms with van der Waals surface area (Å²) in [5, 5.41) is 4.39. The Morgan fingerprint density at radius 3 is 2.69 bits per heavy atom. The summed E-state index contributed by atoms with van der Waals surface area (Å²) >= 11 is 1.81. The van der Waals surface area contributed by atoms with Crippen LogP contribution < -0.4 is 10.1 Å². The summed E-state index contributed by atoms with van der Waals surface area (Å²) in [5.41, 5.74) is 1.82. The van der Waals surface area contributed by atoms with Crippen LogP contribution in [0.4, 0.5) is 0 Å². The molecule has 3 aromatic rings. The molecule has 0 aliphatic carbocycles. The Morgan fingerprint density at radius 2 is 1.90 bits per heavy atom. The molecule has 0 saturated heterocycles. The van der Waals surface area contributed by atoms with Gasteiger partial charge < -0.3 is 10.1 Å². The lowest BCUT2D eigenvalue weighted by atomic mass is 10.1. The fourth-order valence-electron chi connectivity index (χ4n) is 2.77. The first-order valence-electron chi connectivity index (χ1n) is 9.56. The Balaban J connectivity index is 1.41. The van der Waals surface area contributed by atoms with Gasteiger partial charge in [0.05, 0.1) is 13.0 Å². The second-order valence-corrected chi connectivity index (χ2v) is 8.39. The second-order valence-electron chi connectivity index (χ2n) is 6.74. The number of carbonyl (C=O) groups is 1.